The van der Waals surface area contributed by atoms with Crippen LogP contribution >= 0.6 is 22.7 Å². The number of ether oxygens (including phenoxy) is 1. The van der Waals surface area contributed by atoms with E-state index in [1.165, 1.54) is 22.7 Å². The van der Waals surface area contributed by atoms with Gasteiger partial charge >= 0.3 is 5.97 Å². The van der Waals surface area contributed by atoms with E-state index in [0.29, 0.717) is 27.7 Å². The third kappa shape index (κ3) is 3.62. The molecular weight excluding hydrogens is 406 g/mol. The molecule has 3 N–H and O–H groups in total. The Balaban J connectivity index is 1.66. The fraction of sp³-hybridized carbons (Fsp3) is 0.381. The predicted octanol–water partition coefficient (Wildman–Crippen LogP) is 4.81. The van der Waals surface area contributed by atoms with E-state index in [-0.39, 0.29) is 11.9 Å². The molecule has 0 radical (unpaired) electrons. The van der Waals surface area contributed by atoms with Crippen molar-refractivity contribution in [2.24, 2.45) is 0 Å². The van der Waals surface area contributed by atoms with E-state index < -0.39 is 0 Å². The number of carbonyl (C=O) groups is 2. The highest BCUT2D eigenvalue weighted by Crippen LogP contribution is 2.40. The number of nitrogen functional groups attached to an aromatic ring is 1. The van der Waals surface area contributed by atoms with Crippen molar-refractivity contribution in [3.63, 3.8) is 0 Å². The van der Waals surface area contributed by atoms with Crippen molar-refractivity contribution in [3.8, 4) is 0 Å². The maximum absolute atomic E-state index is 13.0. The fourth-order valence-electron chi connectivity index (χ4n) is 3.67. The number of hydrogen-bond donors (Lipinski definition) is 2. The Labute approximate surface area is 177 Å². The van der Waals surface area contributed by atoms with Gasteiger partial charge in [0.05, 0.1) is 17.9 Å². The second-order valence-corrected chi connectivity index (χ2v) is 9.09. The number of hydrogen-bond acceptors (Lipinski definition) is 7. The molecule has 6 nitrogen and oxygen atoms in total. The van der Waals surface area contributed by atoms with E-state index in [9.17, 15) is 9.59 Å². The smallest absolute Gasteiger partial charge is 0.341 e. The van der Waals surface area contributed by atoms with E-state index in [1.807, 2.05) is 12.1 Å². The van der Waals surface area contributed by atoms with E-state index in [4.69, 9.17) is 10.5 Å². The second-order valence-electron chi connectivity index (χ2n) is 6.99. The first kappa shape index (κ1) is 19.8. The van der Waals surface area contributed by atoms with Crippen LogP contribution in [0.1, 0.15) is 62.9 Å². The molecule has 1 amide bonds. The number of anilines is 2. The summed E-state index contributed by atoms with van der Waals surface area (Å²) in [5.74, 6) is -0.689. The van der Waals surface area contributed by atoms with Crippen molar-refractivity contribution in [2.45, 2.75) is 46.0 Å². The highest BCUT2D eigenvalue weighted by atomic mass is 32.1. The van der Waals surface area contributed by atoms with Crippen LogP contribution in [0.25, 0.3) is 10.2 Å². The first-order valence-electron chi connectivity index (χ1n) is 9.84. The normalized spacial score (nSPS) is 12.9. The van der Waals surface area contributed by atoms with E-state index in [0.717, 1.165) is 58.5 Å². The molecular formula is C21H23N3O3S2. The quantitative estimate of drug-likeness (QED) is 0.548. The third-order valence-electron chi connectivity index (χ3n) is 4.99. The monoisotopic (exact) mass is 429 g/mol. The summed E-state index contributed by atoms with van der Waals surface area (Å²) in [6.45, 7) is 4.18. The van der Waals surface area contributed by atoms with Crippen LogP contribution < -0.4 is 11.1 Å². The number of amides is 1. The van der Waals surface area contributed by atoms with Gasteiger partial charge in [0, 0.05) is 16.0 Å². The predicted molar refractivity (Wildman–Crippen MR) is 118 cm³/mol. The van der Waals surface area contributed by atoms with Gasteiger partial charge in [-0.15, -0.1) is 22.7 Å². The Bertz CT molecular complexity index is 1100. The summed E-state index contributed by atoms with van der Waals surface area (Å²) in [5, 5.41) is 4.26. The summed E-state index contributed by atoms with van der Waals surface area (Å²) in [7, 11) is 0. The molecule has 0 aliphatic heterocycles. The van der Waals surface area contributed by atoms with Crippen LogP contribution in [0.3, 0.4) is 0 Å². The molecule has 3 aromatic heterocycles. The lowest BCUT2D eigenvalue weighted by atomic mass is 10.1. The molecule has 152 valence electrons. The lowest BCUT2D eigenvalue weighted by molar-refractivity contribution is 0.0527. The Kier molecular flexibility index (Phi) is 5.56. The first-order valence-corrected chi connectivity index (χ1v) is 11.5. The average Bonchev–Trinajstić information content (AvgIpc) is 3.35. The topological polar surface area (TPSA) is 94.3 Å². The van der Waals surface area contributed by atoms with Crippen molar-refractivity contribution < 1.29 is 14.3 Å². The molecule has 0 fully saturated rings. The van der Waals surface area contributed by atoms with E-state index in [1.54, 1.807) is 6.92 Å². The Morgan fingerprint density at radius 1 is 1.24 bits per heavy atom. The number of pyridine rings is 1. The minimum absolute atomic E-state index is 0.297. The van der Waals surface area contributed by atoms with E-state index >= 15 is 0 Å². The number of nitrogens with one attached hydrogen (secondary N) is 1. The molecule has 3 aromatic rings. The number of rotatable bonds is 6. The summed E-state index contributed by atoms with van der Waals surface area (Å²) in [5.41, 5.74) is 9.19. The molecule has 0 atom stereocenters. The second kappa shape index (κ2) is 8.12. The van der Waals surface area contributed by atoms with Crippen LogP contribution in [0.5, 0.6) is 0 Å². The molecule has 0 spiro atoms. The molecule has 8 heteroatoms. The Morgan fingerprint density at radius 3 is 2.83 bits per heavy atom. The molecule has 0 aromatic carbocycles. The molecule has 29 heavy (non-hydrogen) atoms. The summed E-state index contributed by atoms with van der Waals surface area (Å²) in [4.78, 5) is 32.5. The van der Waals surface area contributed by atoms with Crippen LogP contribution in [0.2, 0.25) is 0 Å². The highest BCUT2D eigenvalue weighted by molar-refractivity contribution is 7.21. The lowest BCUT2D eigenvalue weighted by Crippen LogP contribution is -2.15. The van der Waals surface area contributed by atoms with Gasteiger partial charge in [-0.2, -0.15) is 0 Å². The van der Waals surface area contributed by atoms with Crippen molar-refractivity contribution in [1.82, 2.24) is 4.98 Å². The van der Waals surface area contributed by atoms with Gasteiger partial charge in [-0.05, 0) is 50.3 Å². The SMILES string of the molecule is CCCc1ccc2c(N)c(C(=O)Nc3sc4c(c3C(=O)OCC)CCC4)sc2n1. The molecule has 3 heterocycles. The summed E-state index contributed by atoms with van der Waals surface area (Å²) in [6, 6.07) is 3.89. The number of esters is 1. The van der Waals surface area contributed by atoms with Crippen LogP contribution in [-0.4, -0.2) is 23.5 Å². The van der Waals surface area contributed by atoms with Gasteiger partial charge in [0.25, 0.3) is 5.91 Å². The number of aromatic nitrogens is 1. The van der Waals surface area contributed by atoms with Crippen LogP contribution in [0.4, 0.5) is 10.7 Å². The van der Waals surface area contributed by atoms with Gasteiger partial charge < -0.3 is 15.8 Å². The van der Waals surface area contributed by atoms with Crippen LogP contribution in [-0.2, 0) is 24.0 Å². The molecule has 0 saturated carbocycles. The maximum atomic E-state index is 13.0. The molecule has 0 saturated heterocycles. The van der Waals surface area contributed by atoms with Gasteiger partial charge in [-0.3, -0.25) is 4.79 Å². The van der Waals surface area contributed by atoms with Crippen LogP contribution in [0, 0.1) is 0 Å². The molecule has 1 aliphatic carbocycles. The Morgan fingerprint density at radius 2 is 2.07 bits per heavy atom. The largest absolute Gasteiger partial charge is 0.462 e. The van der Waals surface area contributed by atoms with E-state index in [2.05, 4.69) is 17.2 Å². The number of fused-ring (bicyclic) bond motifs is 2. The lowest BCUT2D eigenvalue weighted by Gasteiger charge is -2.07. The van der Waals surface area contributed by atoms with Gasteiger partial charge in [-0.25, -0.2) is 9.78 Å². The van der Waals surface area contributed by atoms with Gasteiger partial charge in [0.15, 0.2) is 0 Å². The third-order valence-corrected chi connectivity index (χ3v) is 7.31. The zero-order valence-corrected chi connectivity index (χ0v) is 18.1. The maximum Gasteiger partial charge on any atom is 0.341 e. The average molecular weight is 430 g/mol. The zero-order chi connectivity index (χ0) is 20.5. The van der Waals surface area contributed by atoms with Crippen molar-refractivity contribution >= 4 is 55.5 Å². The van der Waals surface area contributed by atoms with Crippen LogP contribution in [0.15, 0.2) is 12.1 Å². The van der Waals surface area contributed by atoms with Crippen molar-refractivity contribution in [3.05, 3.63) is 38.7 Å². The molecule has 4 rings (SSSR count). The molecule has 0 unspecified atom stereocenters. The summed E-state index contributed by atoms with van der Waals surface area (Å²) >= 11 is 2.75. The molecule has 0 bridgehead atoms. The first-order chi connectivity index (χ1) is 14.0. The molecule has 1 aliphatic rings. The number of thiophene rings is 2. The number of nitrogens with two attached hydrogens (primary N) is 1. The van der Waals surface area contributed by atoms with Crippen molar-refractivity contribution in [1.29, 1.82) is 0 Å². The minimum Gasteiger partial charge on any atom is -0.462 e. The minimum atomic E-state index is -0.377. The van der Waals surface area contributed by atoms with Gasteiger partial charge in [0.1, 0.15) is 14.7 Å². The number of nitrogens with zero attached hydrogens (tertiary/aromatic N) is 1. The standard InChI is InChI=1S/C21H23N3O3S2/c1-3-6-11-9-10-13-16(22)17(29-19(13)23-11)18(25)24-20-15(21(26)27-4-2)12-7-5-8-14(12)28-20/h9-10H,3-8,22H2,1-2H3,(H,24,25). The number of carbonyl (C=O) groups excluding carboxylic acids is 2. The zero-order valence-electron chi connectivity index (χ0n) is 16.5. The van der Waals surface area contributed by atoms with Crippen molar-refractivity contribution in [2.75, 3.05) is 17.7 Å². The summed E-state index contributed by atoms with van der Waals surface area (Å²) < 4.78 is 5.23. The Hall–Kier alpha value is -2.45. The number of aryl methyl sites for hydroxylation is 2. The van der Waals surface area contributed by atoms with Gasteiger partial charge in [-0.1, -0.05) is 13.3 Å². The summed E-state index contributed by atoms with van der Waals surface area (Å²) in [6.07, 6.45) is 4.69. The fourth-order valence-corrected chi connectivity index (χ4v) is 5.95. The highest BCUT2D eigenvalue weighted by Gasteiger charge is 2.29. The van der Waals surface area contributed by atoms with Gasteiger partial charge in [0.2, 0.25) is 0 Å².